The second-order valence-electron chi connectivity index (χ2n) is 13.7. The lowest BCUT2D eigenvalue weighted by atomic mass is 10.00. The third-order valence-corrected chi connectivity index (χ3v) is 11.4. The Hall–Kier alpha value is -7.35. The van der Waals surface area contributed by atoms with Crippen LogP contribution in [0.4, 0.5) is 34.4 Å². The molecule has 0 unspecified atom stereocenters. The van der Waals surface area contributed by atoms with Gasteiger partial charge in [-0.2, -0.15) is 0 Å². The molecule has 0 radical (unpaired) electrons. The van der Waals surface area contributed by atoms with Gasteiger partial charge in [0.25, 0.3) is 0 Å². The molecule has 0 saturated carbocycles. The number of hydrogen-bond acceptors (Lipinski definition) is 7. The number of rotatable bonds is 7. The van der Waals surface area contributed by atoms with Gasteiger partial charge >= 0.3 is 0 Å². The predicted octanol–water partition coefficient (Wildman–Crippen LogP) is 13.9. The minimum atomic E-state index is 0.840. The minimum Gasteiger partial charge on any atom is -0.456 e. The van der Waals surface area contributed by atoms with Crippen LogP contribution in [0, 0.1) is 0 Å². The highest BCUT2D eigenvalue weighted by molar-refractivity contribution is 7.21. The Balaban J connectivity index is 0.998. The SMILES string of the molecule is c1ccc(-c2nc3ccc(N(c4ccc5c(ccc6cc(N(c7ccc8oc9ccccc9c8c7)c7ccccn7)ccc65)c4)c4ccccn4)cc3s2)cc1. The first kappa shape index (κ1) is 32.1. The van der Waals surface area contributed by atoms with Gasteiger partial charge in [-0.15, -0.1) is 11.3 Å². The molecule has 4 aromatic heterocycles. The normalized spacial score (nSPS) is 11.6. The van der Waals surface area contributed by atoms with E-state index in [1.165, 1.54) is 10.8 Å². The summed E-state index contributed by atoms with van der Waals surface area (Å²) in [7, 11) is 0. The van der Waals surface area contributed by atoms with E-state index in [1.807, 2.05) is 60.9 Å². The van der Waals surface area contributed by atoms with Crippen molar-refractivity contribution in [3.8, 4) is 10.6 Å². The van der Waals surface area contributed by atoms with Crippen molar-refractivity contribution in [2.45, 2.75) is 0 Å². The summed E-state index contributed by atoms with van der Waals surface area (Å²) in [4.78, 5) is 19.0. The summed E-state index contributed by atoms with van der Waals surface area (Å²) >= 11 is 1.71. The zero-order chi connectivity index (χ0) is 37.0. The number of furan rings is 1. The van der Waals surface area contributed by atoms with E-state index in [0.717, 1.165) is 87.9 Å². The van der Waals surface area contributed by atoms with Crippen molar-refractivity contribution in [1.29, 1.82) is 0 Å². The van der Waals surface area contributed by atoms with Gasteiger partial charge in [0.15, 0.2) is 0 Å². The molecular formula is C49H31N5OS. The molecule has 56 heavy (non-hydrogen) atoms. The first-order valence-electron chi connectivity index (χ1n) is 18.5. The molecule has 0 aliphatic heterocycles. The Labute approximate surface area is 326 Å². The summed E-state index contributed by atoms with van der Waals surface area (Å²) in [5, 5.41) is 7.83. The van der Waals surface area contributed by atoms with Crippen LogP contribution in [0.3, 0.4) is 0 Å². The van der Waals surface area contributed by atoms with Crippen molar-refractivity contribution >= 4 is 99.4 Å². The van der Waals surface area contributed by atoms with E-state index in [9.17, 15) is 0 Å². The molecule has 0 aliphatic rings. The molecule has 0 amide bonds. The van der Waals surface area contributed by atoms with Gasteiger partial charge in [-0.05, 0) is 113 Å². The van der Waals surface area contributed by atoms with Gasteiger partial charge < -0.3 is 4.42 Å². The van der Waals surface area contributed by atoms with E-state index < -0.39 is 0 Å². The highest BCUT2D eigenvalue weighted by atomic mass is 32.1. The van der Waals surface area contributed by atoms with E-state index in [4.69, 9.17) is 19.4 Å². The fraction of sp³-hybridized carbons (Fsp3) is 0. The summed E-state index contributed by atoms with van der Waals surface area (Å²) in [6.45, 7) is 0. The molecule has 0 saturated heterocycles. The number of benzene rings is 7. The molecule has 0 spiro atoms. The Morgan fingerprint density at radius 3 is 1.68 bits per heavy atom. The van der Waals surface area contributed by atoms with Crippen LogP contribution in [-0.4, -0.2) is 15.0 Å². The van der Waals surface area contributed by atoms with Gasteiger partial charge in [-0.25, -0.2) is 15.0 Å². The van der Waals surface area contributed by atoms with Crippen LogP contribution in [0.5, 0.6) is 0 Å². The fourth-order valence-corrected chi connectivity index (χ4v) is 8.74. The maximum absolute atomic E-state index is 6.16. The fourth-order valence-electron chi connectivity index (χ4n) is 7.73. The smallest absolute Gasteiger partial charge is 0.137 e. The Morgan fingerprint density at radius 2 is 1.00 bits per heavy atom. The number of nitrogens with zero attached hydrogens (tertiary/aromatic N) is 5. The summed E-state index contributed by atoms with van der Waals surface area (Å²) in [6.07, 6.45) is 3.68. The van der Waals surface area contributed by atoms with Gasteiger partial charge in [-0.1, -0.05) is 84.9 Å². The van der Waals surface area contributed by atoms with Crippen molar-refractivity contribution in [2.24, 2.45) is 0 Å². The first-order valence-corrected chi connectivity index (χ1v) is 19.3. The average Bonchev–Trinajstić information content (AvgIpc) is 3.86. The van der Waals surface area contributed by atoms with Crippen LogP contribution < -0.4 is 9.80 Å². The maximum atomic E-state index is 6.16. The van der Waals surface area contributed by atoms with Crippen LogP contribution in [0.2, 0.25) is 0 Å². The number of fused-ring (bicyclic) bond motifs is 7. The van der Waals surface area contributed by atoms with Gasteiger partial charge in [-0.3, -0.25) is 9.80 Å². The van der Waals surface area contributed by atoms with Crippen LogP contribution in [-0.2, 0) is 0 Å². The lowest BCUT2D eigenvalue weighted by Crippen LogP contribution is -2.11. The van der Waals surface area contributed by atoms with Crippen LogP contribution in [0.15, 0.2) is 193 Å². The molecule has 0 fully saturated rings. The summed E-state index contributed by atoms with van der Waals surface area (Å²) in [6, 6.07) is 61.2. The number of para-hydroxylation sites is 1. The molecule has 0 N–H and O–H groups in total. The Kier molecular flexibility index (Phi) is 7.57. The zero-order valence-corrected chi connectivity index (χ0v) is 30.8. The van der Waals surface area contributed by atoms with E-state index >= 15 is 0 Å². The van der Waals surface area contributed by atoms with Crippen molar-refractivity contribution in [3.05, 3.63) is 188 Å². The number of aromatic nitrogens is 3. The molecule has 11 aromatic rings. The average molecular weight is 738 g/mol. The highest BCUT2D eigenvalue weighted by Gasteiger charge is 2.19. The summed E-state index contributed by atoms with van der Waals surface area (Å²) < 4.78 is 7.29. The Bertz CT molecular complexity index is 3220. The zero-order valence-electron chi connectivity index (χ0n) is 30.0. The molecule has 4 heterocycles. The van der Waals surface area contributed by atoms with E-state index in [1.54, 1.807) is 11.3 Å². The number of pyridine rings is 2. The number of thiazole rings is 1. The quantitative estimate of drug-likeness (QED) is 0.152. The number of hydrogen-bond donors (Lipinski definition) is 0. The lowest BCUT2D eigenvalue weighted by molar-refractivity contribution is 0.669. The first-order chi connectivity index (χ1) is 27.7. The Morgan fingerprint density at radius 1 is 0.429 bits per heavy atom. The molecule has 7 aromatic carbocycles. The maximum Gasteiger partial charge on any atom is 0.137 e. The van der Waals surface area contributed by atoms with Crippen molar-refractivity contribution in [3.63, 3.8) is 0 Å². The van der Waals surface area contributed by atoms with Crippen molar-refractivity contribution in [2.75, 3.05) is 9.80 Å². The third-order valence-electron chi connectivity index (χ3n) is 10.3. The molecule has 6 nitrogen and oxygen atoms in total. The standard InChI is InChI=1S/C49H31N5OS/c1-2-10-32(11-3-1)49-52-43-24-20-38(31-46(43)56-49)54(48-15-7-9-27-51-48)36-19-23-40-34(29-36)17-16-33-28-35(18-22-39(33)40)53(47-14-6-8-26-50-47)37-21-25-45-42(30-37)41-12-4-5-13-44(41)55-45/h1-31H. The van der Waals surface area contributed by atoms with Gasteiger partial charge in [0.2, 0.25) is 0 Å². The molecule has 0 aliphatic carbocycles. The number of anilines is 6. The van der Waals surface area contributed by atoms with E-state index in [2.05, 4.69) is 137 Å². The lowest BCUT2D eigenvalue weighted by Gasteiger charge is -2.25. The second kappa shape index (κ2) is 13.2. The predicted molar refractivity (Wildman–Crippen MR) is 232 cm³/mol. The van der Waals surface area contributed by atoms with Crippen molar-refractivity contribution < 1.29 is 4.42 Å². The molecule has 0 bridgehead atoms. The van der Waals surface area contributed by atoms with Gasteiger partial charge in [0, 0.05) is 51.5 Å². The van der Waals surface area contributed by atoms with E-state index in [0.29, 0.717) is 0 Å². The molecule has 7 heteroatoms. The monoisotopic (exact) mass is 737 g/mol. The van der Waals surface area contributed by atoms with Gasteiger partial charge in [0.1, 0.15) is 27.8 Å². The topological polar surface area (TPSA) is 58.3 Å². The summed E-state index contributed by atoms with van der Waals surface area (Å²) in [5.74, 6) is 1.69. The largest absolute Gasteiger partial charge is 0.456 e. The van der Waals surface area contributed by atoms with Crippen LogP contribution >= 0.6 is 11.3 Å². The highest BCUT2D eigenvalue weighted by Crippen LogP contribution is 2.42. The summed E-state index contributed by atoms with van der Waals surface area (Å²) in [5.41, 5.74) is 7.95. The molecular weight excluding hydrogens is 707 g/mol. The minimum absolute atomic E-state index is 0.840. The second-order valence-corrected chi connectivity index (χ2v) is 14.8. The van der Waals surface area contributed by atoms with Gasteiger partial charge in [0.05, 0.1) is 10.2 Å². The van der Waals surface area contributed by atoms with E-state index in [-0.39, 0.29) is 0 Å². The van der Waals surface area contributed by atoms with Crippen molar-refractivity contribution in [1.82, 2.24) is 15.0 Å². The molecule has 0 atom stereocenters. The van der Waals surface area contributed by atoms with Crippen LogP contribution in [0.25, 0.3) is 64.3 Å². The molecule has 264 valence electrons. The molecule has 11 rings (SSSR count). The third kappa shape index (κ3) is 5.52. The van der Waals surface area contributed by atoms with Crippen LogP contribution in [0.1, 0.15) is 0 Å².